The standard InChI is InChI=1S/C24H23N3O6.C11H18N2O4.C11H18N2O3.C6H10N2O2.C5H9NO3.C2HF3O2.3Pt/c28-21(29)10-19-23(31)27-11-13(9-20(27)22(30)26-19)25-24(32)33-12-18-16-7-3-1-5-14(16)15-6-2-4-8-17(15)18;1-11(2,3)17-10(15)13-6-7(12)5-8(13)9(14)16-4;1-4-7(2)10(14)13-6-8(12)5-9(13)11(15)16-3;1-10-6(9)5-2-4(7)3-8-5;7-3-1-4(5(8)9)6-2-3;3-2(4,5)1(6)7;;;/h1-8,13,18-20H,9-12H2,(H,25,32)(H,26,30)(H,28,29);7-8H,5-6H2,1-4H3;7-9H,4-6H2,1-3H3;4-5,8H,2-3H2,1H3;3-4,6-7H,1-2H2,(H,8,9);(H,6,7);;;/t13-,19-,20-;7-,8-;7-,8-,9-;4-,5-;3-,4+;;;;/m00001..../s1. The molecule has 1 aliphatic carbocycles. The van der Waals surface area contributed by atoms with Crippen LogP contribution in [0.25, 0.3) is 11.1 Å². The Morgan fingerprint density at radius 3 is 1.64 bits per heavy atom. The van der Waals surface area contributed by atoms with Crippen molar-refractivity contribution in [1.29, 1.82) is 0 Å². The Bertz CT molecular complexity index is 3070. The topological polar surface area (TPSA) is 410 Å². The molecule has 30 nitrogen and oxygen atoms in total. The summed E-state index contributed by atoms with van der Waals surface area (Å²) in [5.41, 5.74) is 3.90. The van der Waals surface area contributed by atoms with Crippen LogP contribution in [0.3, 0.4) is 0 Å². The molecular formula is C59H79F3N10O20Pt3. The SMILES string of the molecule is CC[C@H](C)C(=O)N1C[C@@H]([N]=[Pt])C[C@H]1C(=O)OC.COC(=O)[C@@H]1C[C@H]([N]=[Pt])CN1.COC(=O)[C@@H]1C[C@H]([N]=[Pt])CN1C(=O)OC(C)(C)C.O=C(O)C(F)(F)F.O=C(O)C[C@@H]1NC(=O)[C@@H]2C[C@H](NC(=O)OCC3c4ccccc4-c4ccccc43)CN2C1=O.O=C(O)[C@@H]1C[C@@H](O)CN1. The first kappa shape index (κ1) is 80.8. The third-order valence-corrected chi connectivity index (χ3v) is 18.1. The van der Waals surface area contributed by atoms with E-state index in [-0.39, 0.29) is 73.4 Å². The second-order valence-corrected chi connectivity index (χ2v) is 25.2. The molecule has 0 spiro atoms. The number of carboxylic acid groups (broad SMARTS) is 3. The number of likely N-dealkylation sites (tertiary alicyclic amines) is 2. The zero-order chi connectivity index (χ0) is 71.2. The summed E-state index contributed by atoms with van der Waals surface area (Å²) in [5.74, 6) is -6.72. The van der Waals surface area contributed by atoms with E-state index < -0.39 is 108 Å². The number of carbonyl (C=O) groups excluding carboxylic acids is 8. The third-order valence-electron chi connectivity index (χ3n) is 15.6. The van der Waals surface area contributed by atoms with Gasteiger partial charge < -0.3 is 46.0 Å². The molecule has 536 valence electrons. The summed E-state index contributed by atoms with van der Waals surface area (Å²) in [6, 6.07) is 12.3. The molecule has 36 heteroatoms. The van der Waals surface area contributed by atoms with E-state index in [4.69, 9.17) is 44.2 Å². The number of nitrogens with one attached hydrogen (secondary N) is 4. The average Bonchev–Trinajstić information content (AvgIpc) is 1.64. The summed E-state index contributed by atoms with van der Waals surface area (Å²) in [6.45, 7) is 11.6. The number of rotatable bonds is 14. The number of aliphatic carboxylic acids is 3. The molecule has 95 heavy (non-hydrogen) atoms. The summed E-state index contributed by atoms with van der Waals surface area (Å²) in [7, 11) is 4.06. The van der Waals surface area contributed by atoms with E-state index >= 15 is 0 Å². The Morgan fingerprint density at radius 1 is 0.705 bits per heavy atom. The van der Waals surface area contributed by atoms with Crippen LogP contribution in [-0.2, 0) is 126 Å². The van der Waals surface area contributed by atoms with Crippen molar-refractivity contribution in [2.75, 3.05) is 60.7 Å². The zero-order valence-corrected chi connectivity index (χ0v) is 59.7. The molecule has 2 aromatic rings. The third kappa shape index (κ3) is 23.8. The zero-order valence-electron chi connectivity index (χ0n) is 52.9. The number of alkyl halides is 3. The summed E-state index contributed by atoms with van der Waals surface area (Å²) >= 11 is 5.74. The second kappa shape index (κ2) is 37.7. The number of ether oxygens (including phenoxy) is 5. The number of esters is 3. The quantitative estimate of drug-likeness (QED) is 0.0995. The van der Waals surface area contributed by atoms with Crippen molar-refractivity contribution >= 4 is 65.7 Å². The van der Waals surface area contributed by atoms with Crippen molar-refractivity contribution in [2.45, 2.75) is 164 Å². The van der Waals surface area contributed by atoms with Crippen LogP contribution < -0.4 is 21.3 Å². The predicted molar refractivity (Wildman–Crippen MR) is 312 cm³/mol. The number of fused-ring (bicyclic) bond motifs is 4. The first-order valence-corrected chi connectivity index (χ1v) is 32.7. The van der Waals surface area contributed by atoms with E-state index in [1.165, 1.54) is 31.1 Å². The van der Waals surface area contributed by atoms with Crippen LogP contribution in [0.4, 0.5) is 22.8 Å². The number of alkyl carbamates (subject to hydrolysis) is 1. The number of benzene rings is 2. The van der Waals surface area contributed by atoms with E-state index in [0.29, 0.717) is 38.9 Å². The van der Waals surface area contributed by atoms with Crippen molar-refractivity contribution < 1.29 is 169 Å². The maximum Gasteiger partial charge on any atom is 0.490 e. The number of amides is 5. The molecule has 0 unspecified atom stereocenters. The largest absolute Gasteiger partial charge is 0.490 e. The molecule has 9 rings (SSSR count). The van der Waals surface area contributed by atoms with Gasteiger partial charge in [0.25, 0.3) is 0 Å². The average molecular weight is 1890 g/mol. The minimum Gasteiger partial charge on any atom is -0.481 e. The van der Waals surface area contributed by atoms with Crippen LogP contribution in [0.15, 0.2) is 59.0 Å². The molecule has 12 atom stereocenters. The van der Waals surface area contributed by atoms with Crippen molar-refractivity contribution in [3.8, 4) is 11.1 Å². The number of hydrogen-bond donors (Lipinski definition) is 8. The first-order valence-electron chi connectivity index (χ1n) is 29.7. The number of nitrogens with zero attached hydrogens (tertiary/aromatic N) is 6. The maximum atomic E-state index is 12.6. The molecule has 7 aliphatic rings. The smallest absolute Gasteiger partial charge is 0.481 e. The molecule has 2 aromatic carbocycles. The molecule has 6 heterocycles. The molecule has 6 saturated heterocycles. The van der Waals surface area contributed by atoms with E-state index in [2.05, 4.69) is 48.6 Å². The number of aliphatic hydroxyl groups excluding tert-OH is 1. The Hall–Kier alpha value is -6.66. The van der Waals surface area contributed by atoms with Crippen LogP contribution in [0, 0.1) is 5.92 Å². The van der Waals surface area contributed by atoms with Gasteiger partial charge in [-0.1, -0.05) is 48.5 Å². The van der Waals surface area contributed by atoms with Crippen molar-refractivity contribution in [2.24, 2.45) is 16.4 Å². The summed E-state index contributed by atoms with van der Waals surface area (Å²) in [6.07, 6.45) is -3.99. The van der Waals surface area contributed by atoms with Gasteiger partial charge in [0.2, 0.25) is 11.8 Å². The fourth-order valence-electron chi connectivity index (χ4n) is 10.8. The summed E-state index contributed by atoms with van der Waals surface area (Å²) in [5, 5.41) is 44.2. The van der Waals surface area contributed by atoms with Gasteiger partial charge in [-0.15, -0.1) is 0 Å². The first-order chi connectivity index (χ1) is 44.7. The van der Waals surface area contributed by atoms with Gasteiger partial charge in [-0.2, -0.15) is 13.2 Å². The number of piperazine rings is 1. The molecule has 0 saturated carbocycles. The number of β-amino-alcohol motifs (C(OH)–C–C–N with tert-alkyl or cyclic N) is 1. The molecule has 6 aliphatic heterocycles. The van der Waals surface area contributed by atoms with E-state index in [1.54, 1.807) is 25.7 Å². The van der Waals surface area contributed by atoms with Crippen molar-refractivity contribution in [3.63, 3.8) is 0 Å². The van der Waals surface area contributed by atoms with E-state index in [1.807, 2.05) is 109 Å². The Balaban J connectivity index is 0.000000265. The van der Waals surface area contributed by atoms with Gasteiger partial charge in [0.1, 0.15) is 24.7 Å². The molecule has 8 N–H and O–H groups in total. The molecule has 0 aromatic heterocycles. The summed E-state index contributed by atoms with van der Waals surface area (Å²) in [4.78, 5) is 130. The van der Waals surface area contributed by atoms with Crippen molar-refractivity contribution in [1.82, 2.24) is 36.0 Å². The number of hydrogen-bond acceptors (Lipinski definition) is 22. The molecule has 6 fully saturated rings. The maximum absolute atomic E-state index is 12.6. The number of carboxylic acids is 3. The van der Waals surface area contributed by atoms with Gasteiger partial charge >= 0.3 is 337 Å². The van der Waals surface area contributed by atoms with Gasteiger partial charge in [0, 0.05) is 25.4 Å². The molecule has 0 radical (unpaired) electrons. The number of methoxy groups -OCH3 is 3. The fraction of sp³-hybridized carbons (Fsp3) is 0.610. The van der Waals surface area contributed by atoms with Gasteiger partial charge in [0.05, 0.1) is 18.6 Å². The molecule has 5 amide bonds. The number of carbonyl (C=O) groups is 11. The van der Waals surface area contributed by atoms with Crippen LogP contribution in [0.1, 0.15) is 96.6 Å². The van der Waals surface area contributed by atoms with Crippen LogP contribution in [-0.4, -0.2) is 240 Å². The van der Waals surface area contributed by atoms with E-state index in [9.17, 15) is 61.1 Å². The Morgan fingerprint density at radius 2 is 1.21 bits per heavy atom. The van der Waals surface area contributed by atoms with Gasteiger partial charge in [-0.3, -0.25) is 19.2 Å². The summed E-state index contributed by atoms with van der Waals surface area (Å²) < 4.78 is 68.9. The van der Waals surface area contributed by atoms with Gasteiger partial charge in [-0.05, 0) is 28.7 Å². The Kier molecular flexibility index (Phi) is 32.1. The van der Waals surface area contributed by atoms with Crippen molar-refractivity contribution in [3.05, 3.63) is 59.7 Å². The Labute approximate surface area is 578 Å². The fourth-order valence-corrected chi connectivity index (χ4v) is 12.1. The molecule has 0 bridgehead atoms. The predicted octanol–water partition coefficient (Wildman–Crippen LogP) is 2.69. The normalized spacial score (nSPS) is 24.8. The molecular weight excluding hydrogens is 1810 g/mol. The van der Waals surface area contributed by atoms with Gasteiger partial charge in [-0.25, -0.2) is 9.59 Å². The van der Waals surface area contributed by atoms with Gasteiger partial charge in [0.15, 0.2) is 0 Å². The van der Waals surface area contributed by atoms with Crippen LogP contribution >= 0.6 is 0 Å². The second-order valence-electron chi connectivity index (χ2n) is 23.5. The van der Waals surface area contributed by atoms with E-state index in [0.717, 1.165) is 41.6 Å². The number of aliphatic hydroxyl groups is 1. The number of halogens is 3. The van der Waals surface area contributed by atoms with Crippen LogP contribution in [0.5, 0.6) is 0 Å². The monoisotopic (exact) mass is 1890 g/mol. The van der Waals surface area contributed by atoms with Crippen LogP contribution in [0.2, 0.25) is 0 Å². The minimum absolute atomic E-state index is 0.0192. The minimum atomic E-state index is -5.08.